The molecule has 3 heteroatoms. The average molecular weight is 367 g/mol. The second-order valence-corrected chi connectivity index (χ2v) is 9.61. The van der Waals surface area contributed by atoms with Gasteiger partial charge in [0.25, 0.3) is 0 Å². The Kier molecular flexibility index (Phi) is 4.54. The SMILES string of the molecule is CC(=O)N1CC[C@@H]2CC3(CCN(C4CCCCC4)CC3)c3ccccc3C21. The first kappa shape index (κ1) is 17.7. The Morgan fingerprint density at radius 2 is 1.74 bits per heavy atom. The van der Waals surface area contributed by atoms with E-state index in [1.54, 1.807) is 12.5 Å². The number of hydrogen-bond donors (Lipinski definition) is 0. The van der Waals surface area contributed by atoms with Crippen LogP contribution in [0.15, 0.2) is 24.3 Å². The zero-order chi connectivity index (χ0) is 18.4. The molecule has 1 saturated carbocycles. The van der Waals surface area contributed by atoms with Crippen LogP contribution in [0.2, 0.25) is 0 Å². The van der Waals surface area contributed by atoms with Crippen molar-refractivity contribution < 1.29 is 4.79 Å². The minimum absolute atomic E-state index is 0.250. The fourth-order valence-corrected chi connectivity index (χ4v) is 6.93. The Hall–Kier alpha value is -1.35. The third kappa shape index (κ3) is 2.93. The van der Waals surface area contributed by atoms with E-state index in [9.17, 15) is 4.79 Å². The number of likely N-dealkylation sites (tertiary alicyclic amines) is 2. The largest absolute Gasteiger partial charge is 0.336 e. The summed E-state index contributed by atoms with van der Waals surface area (Å²) in [6, 6.07) is 10.3. The molecule has 3 nitrogen and oxygen atoms in total. The van der Waals surface area contributed by atoms with Crippen LogP contribution in [0.1, 0.15) is 81.9 Å². The summed E-state index contributed by atoms with van der Waals surface area (Å²) in [4.78, 5) is 17.2. The molecule has 146 valence electrons. The van der Waals surface area contributed by atoms with Gasteiger partial charge in [0.15, 0.2) is 0 Å². The summed E-state index contributed by atoms with van der Waals surface area (Å²) in [7, 11) is 0. The van der Waals surface area contributed by atoms with Gasteiger partial charge in [-0.05, 0) is 74.1 Å². The van der Waals surface area contributed by atoms with Crippen molar-refractivity contribution in [2.24, 2.45) is 5.92 Å². The molecule has 0 N–H and O–H groups in total. The van der Waals surface area contributed by atoms with Gasteiger partial charge >= 0.3 is 0 Å². The van der Waals surface area contributed by atoms with Crippen LogP contribution in [0.4, 0.5) is 0 Å². The van der Waals surface area contributed by atoms with Gasteiger partial charge < -0.3 is 9.80 Å². The second kappa shape index (κ2) is 6.92. The summed E-state index contributed by atoms with van der Waals surface area (Å²) < 4.78 is 0. The van der Waals surface area contributed by atoms with Crippen molar-refractivity contribution in [1.29, 1.82) is 0 Å². The van der Waals surface area contributed by atoms with Crippen LogP contribution in [0.25, 0.3) is 0 Å². The quantitative estimate of drug-likeness (QED) is 0.721. The fourth-order valence-electron chi connectivity index (χ4n) is 6.93. The molecule has 3 fully saturated rings. The van der Waals surface area contributed by atoms with E-state index in [1.807, 2.05) is 0 Å². The molecule has 2 atom stereocenters. The number of rotatable bonds is 1. The van der Waals surface area contributed by atoms with Crippen LogP contribution < -0.4 is 0 Å². The Morgan fingerprint density at radius 1 is 1.00 bits per heavy atom. The second-order valence-electron chi connectivity index (χ2n) is 9.61. The van der Waals surface area contributed by atoms with Gasteiger partial charge in [-0.2, -0.15) is 0 Å². The van der Waals surface area contributed by atoms with Crippen LogP contribution in [-0.2, 0) is 10.2 Å². The van der Waals surface area contributed by atoms with E-state index in [1.165, 1.54) is 76.4 Å². The molecule has 1 spiro atoms. The molecule has 1 unspecified atom stereocenters. The van der Waals surface area contributed by atoms with Gasteiger partial charge in [0.05, 0.1) is 6.04 Å². The van der Waals surface area contributed by atoms with Gasteiger partial charge in [0, 0.05) is 19.5 Å². The highest BCUT2D eigenvalue weighted by Crippen LogP contribution is 2.55. The van der Waals surface area contributed by atoms with Gasteiger partial charge in [-0.3, -0.25) is 4.79 Å². The lowest BCUT2D eigenvalue weighted by Crippen LogP contribution is -2.50. The number of carbonyl (C=O) groups is 1. The number of nitrogens with zero attached hydrogens (tertiary/aromatic N) is 2. The Morgan fingerprint density at radius 3 is 2.48 bits per heavy atom. The summed E-state index contributed by atoms with van der Waals surface area (Å²) in [6.07, 6.45) is 12.2. The van der Waals surface area contributed by atoms with Crippen molar-refractivity contribution in [3.8, 4) is 0 Å². The van der Waals surface area contributed by atoms with Gasteiger partial charge in [0.2, 0.25) is 5.91 Å². The van der Waals surface area contributed by atoms with E-state index in [0.29, 0.717) is 17.4 Å². The van der Waals surface area contributed by atoms with Crippen LogP contribution in [-0.4, -0.2) is 41.4 Å². The monoisotopic (exact) mass is 366 g/mol. The predicted octanol–water partition coefficient (Wildman–Crippen LogP) is 4.67. The third-order valence-corrected chi connectivity index (χ3v) is 8.28. The third-order valence-electron chi connectivity index (χ3n) is 8.28. The van der Waals surface area contributed by atoms with Gasteiger partial charge in [0.1, 0.15) is 0 Å². The number of fused-ring (bicyclic) bond motifs is 4. The normalized spacial score (nSPS) is 30.9. The first-order valence-electron chi connectivity index (χ1n) is 11.3. The highest BCUT2D eigenvalue weighted by Gasteiger charge is 2.50. The molecular formula is C24H34N2O. The van der Waals surface area contributed by atoms with Crippen LogP contribution >= 0.6 is 0 Å². The summed E-state index contributed by atoms with van der Waals surface area (Å²) in [6.45, 7) is 5.24. The molecule has 2 saturated heterocycles. The molecule has 2 heterocycles. The first-order chi connectivity index (χ1) is 13.2. The summed E-state index contributed by atoms with van der Waals surface area (Å²) in [5, 5.41) is 0. The topological polar surface area (TPSA) is 23.6 Å². The number of hydrogen-bond acceptors (Lipinski definition) is 2. The number of piperidine rings is 1. The molecule has 4 aliphatic rings. The van der Waals surface area contributed by atoms with Gasteiger partial charge in [-0.25, -0.2) is 0 Å². The molecule has 0 aromatic heterocycles. The zero-order valence-corrected chi connectivity index (χ0v) is 16.8. The van der Waals surface area contributed by atoms with Gasteiger partial charge in [-0.1, -0.05) is 43.5 Å². The fraction of sp³-hybridized carbons (Fsp3) is 0.708. The molecule has 1 aromatic carbocycles. The Balaban J connectivity index is 1.41. The number of carbonyl (C=O) groups excluding carboxylic acids is 1. The lowest BCUT2D eigenvalue weighted by molar-refractivity contribution is -0.130. The lowest BCUT2D eigenvalue weighted by atomic mass is 9.60. The molecule has 5 rings (SSSR count). The minimum atomic E-state index is 0.250. The number of benzene rings is 1. The molecule has 27 heavy (non-hydrogen) atoms. The molecule has 1 aromatic rings. The van der Waals surface area contributed by atoms with Crippen molar-refractivity contribution in [2.45, 2.75) is 82.2 Å². The van der Waals surface area contributed by atoms with E-state index < -0.39 is 0 Å². The highest BCUT2D eigenvalue weighted by atomic mass is 16.2. The van der Waals surface area contributed by atoms with Crippen molar-refractivity contribution in [2.75, 3.05) is 19.6 Å². The van der Waals surface area contributed by atoms with E-state index in [2.05, 4.69) is 34.1 Å². The number of amides is 1. The predicted molar refractivity (Wildman–Crippen MR) is 109 cm³/mol. The molecular weight excluding hydrogens is 332 g/mol. The molecule has 2 aliphatic heterocycles. The lowest BCUT2D eigenvalue weighted by Gasteiger charge is -2.51. The zero-order valence-electron chi connectivity index (χ0n) is 16.8. The molecule has 0 bridgehead atoms. The minimum Gasteiger partial charge on any atom is -0.336 e. The first-order valence-corrected chi connectivity index (χ1v) is 11.3. The average Bonchev–Trinajstić information content (AvgIpc) is 3.13. The van der Waals surface area contributed by atoms with E-state index in [-0.39, 0.29) is 5.91 Å². The Bertz CT molecular complexity index is 700. The standard InChI is InChI=1S/C24H34N2O/c1-18(27)26-14-11-19-17-24(22-10-6-5-9-21(22)23(19)26)12-15-25(16-13-24)20-7-3-2-4-8-20/h5-6,9-10,19-20,23H,2-4,7-8,11-17H2,1H3/t19-,23?/m1/s1. The van der Waals surface area contributed by atoms with Crippen LogP contribution in [0.3, 0.4) is 0 Å². The molecule has 2 aliphatic carbocycles. The Labute approximate surface area is 164 Å². The van der Waals surface area contributed by atoms with Crippen LogP contribution in [0, 0.1) is 5.92 Å². The maximum absolute atomic E-state index is 12.2. The molecule has 1 amide bonds. The van der Waals surface area contributed by atoms with Crippen molar-refractivity contribution in [3.05, 3.63) is 35.4 Å². The van der Waals surface area contributed by atoms with Crippen molar-refractivity contribution in [3.63, 3.8) is 0 Å². The maximum Gasteiger partial charge on any atom is 0.219 e. The summed E-state index contributed by atoms with van der Waals surface area (Å²) >= 11 is 0. The van der Waals surface area contributed by atoms with Gasteiger partial charge in [-0.15, -0.1) is 0 Å². The summed E-state index contributed by atoms with van der Waals surface area (Å²) in [5.74, 6) is 0.908. The van der Waals surface area contributed by atoms with E-state index >= 15 is 0 Å². The smallest absolute Gasteiger partial charge is 0.219 e. The van der Waals surface area contributed by atoms with Crippen molar-refractivity contribution >= 4 is 5.91 Å². The highest BCUT2D eigenvalue weighted by molar-refractivity contribution is 5.74. The van der Waals surface area contributed by atoms with Crippen molar-refractivity contribution in [1.82, 2.24) is 9.80 Å². The maximum atomic E-state index is 12.2. The van der Waals surface area contributed by atoms with Crippen LogP contribution in [0.5, 0.6) is 0 Å². The summed E-state index contributed by atoms with van der Waals surface area (Å²) in [5.41, 5.74) is 3.39. The van der Waals surface area contributed by atoms with E-state index in [4.69, 9.17) is 0 Å². The molecule has 0 radical (unpaired) electrons. The van der Waals surface area contributed by atoms with E-state index in [0.717, 1.165) is 12.6 Å².